The average molecular weight is 237 g/mol. The highest BCUT2D eigenvalue weighted by Crippen LogP contribution is 2.35. The molecule has 1 saturated heterocycles. The Morgan fingerprint density at radius 2 is 2.19 bits per heavy atom. The minimum Gasteiger partial charge on any atom is -0.296 e. The molecule has 2 heterocycles. The Balaban J connectivity index is 2.24. The van der Waals surface area contributed by atoms with Crippen LogP contribution in [-0.2, 0) is 16.0 Å². The van der Waals surface area contributed by atoms with Crippen molar-refractivity contribution >= 4 is 23.2 Å². The molecule has 2 rings (SSSR count). The first-order valence-electron chi connectivity index (χ1n) is 5.54. The summed E-state index contributed by atoms with van der Waals surface area (Å²) in [5.41, 5.74) is 0. The fourth-order valence-corrected chi connectivity index (χ4v) is 3.15. The van der Waals surface area contributed by atoms with E-state index in [-0.39, 0.29) is 23.7 Å². The van der Waals surface area contributed by atoms with Gasteiger partial charge in [0.25, 0.3) is 0 Å². The number of hydrogen-bond donors (Lipinski definition) is 1. The van der Waals surface area contributed by atoms with E-state index in [1.165, 1.54) is 4.88 Å². The molecular formula is C12H15NO2S. The molecule has 1 aliphatic rings. The lowest BCUT2D eigenvalue weighted by Gasteiger charge is -2.26. The number of amides is 2. The molecule has 1 aliphatic heterocycles. The summed E-state index contributed by atoms with van der Waals surface area (Å²) in [6.45, 7) is 4.00. The summed E-state index contributed by atoms with van der Waals surface area (Å²) in [5.74, 6) is -0.347. The highest BCUT2D eigenvalue weighted by atomic mass is 32.1. The van der Waals surface area contributed by atoms with Crippen LogP contribution in [0.4, 0.5) is 0 Å². The zero-order chi connectivity index (χ0) is 11.7. The number of carbonyl (C=O) groups excluding carboxylic acids is 2. The van der Waals surface area contributed by atoms with Gasteiger partial charge in [0.1, 0.15) is 0 Å². The van der Waals surface area contributed by atoms with Crippen molar-refractivity contribution in [1.82, 2.24) is 5.32 Å². The SMILES string of the molecule is CCc1ccc(C2CC(=O)NC(=O)C2C)s1. The van der Waals surface area contributed by atoms with Gasteiger partial charge in [-0.15, -0.1) is 11.3 Å². The van der Waals surface area contributed by atoms with E-state index >= 15 is 0 Å². The Kier molecular flexibility index (Phi) is 3.10. The number of piperidine rings is 1. The van der Waals surface area contributed by atoms with Gasteiger partial charge in [-0.1, -0.05) is 13.8 Å². The predicted octanol–water partition coefficient (Wildman–Crippen LogP) is 2.08. The van der Waals surface area contributed by atoms with Gasteiger partial charge in [0.15, 0.2) is 0 Å². The van der Waals surface area contributed by atoms with Crippen LogP contribution in [0.5, 0.6) is 0 Å². The molecule has 2 atom stereocenters. The molecule has 86 valence electrons. The molecule has 0 radical (unpaired) electrons. The molecule has 4 heteroatoms. The molecule has 0 saturated carbocycles. The summed E-state index contributed by atoms with van der Waals surface area (Å²) in [4.78, 5) is 25.4. The van der Waals surface area contributed by atoms with Gasteiger partial charge >= 0.3 is 0 Å². The van der Waals surface area contributed by atoms with Crippen molar-refractivity contribution < 1.29 is 9.59 Å². The van der Waals surface area contributed by atoms with E-state index in [1.54, 1.807) is 11.3 Å². The lowest BCUT2D eigenvalue weighted by Crippen LogP contribution is -2.43. The van der Waals surface area contributed by atoms with Gasteiger partial charge in [-0.25, -0.2) is 0 Å². The fraction of sp³-hybridized carbons (Fsp3) is 0.500. The van der Waals surface area contributed by atoms with Gasteiger partial charge in [-0.2, -0.15) is 0 Å². The lowest BCUT2D eigenvalue weighted by molar-refractivity contribution is -0.136. The number of thiophene rings is 1. The Labute approximate surface area is 98.9 Å². The van der Waals surface area contributed by atoms with Crippen LogP contribution in [0, 0.1) is 5.92 Å². The first-order chi connectivity index (χ1) is 7.61. The van der Waals surface area contributed by atoms with Crippen molar-refractivity contribution in [3.63, 3.8) is 0 Å². The maximum Gasteiger partial charge on any atom is 0.230 e. The van der Waals surface area contributed by atoms with Gasteiger partial charge in [0.2, 0.25) is 11.8 Å². The molecule has 0 aromatic carbocycles. The molecule has 1 fully saturated rings. The molecule has 16 heavy (non-hydrogen) atoms. The quantitative estimate of drug-likeness (QED) is 0.800. The third kappa shape index (κ3) is 2.02. The fourth-order valence-electron chi connectivity index (χ4n) is 1.99. The number of imide groups is 1. The summed E-state index contributed by atoms with van der Waals surface area (Å²) < 4.78 is 0. The summed E-state index contributed by atoms with van der Waals surface area (Å²) in [6, 6.07) is 4.14. The van der Waals surface area contributed by atoms with Gasteiger partial charge in [-0.05, 0) is 18.6 Å². The zero-order valence-corrected chi connectivity index (χ0v) is 10.3. The lowest BCUT2D eigenvalue weighted by atomic mass is 9.86. The highest BCUT2D eigenvalue weighted by Gasteiger charge is 2.34. The maximum absolute atomic E-state index is 11.5. The Bertz CT molecular complexity index is 424. The van der Waals surface area contributed by atoms with Gasteiger partial charge < -0.3 is 0 Å². The number of nitrogens with one attached hydrogen (secondary N) is 1. The molecule has 0 bridgehead atoms. The van der Waals surface area contributed by atoms with Crippen LogP contribution in [-0.4, -0.2) is 11.8 Å². The molecular weight excluding hydrogens is 222 g/mol. The molecule has 1 aromatic rings. The molecule has 2 amide bonds. The van der Waals surface area contributed by atoms with Gasteiger partial charge in [-0.3, -0.25) is 14.9 Å². The monoisotopic (exact) mass is 237 g/mol. The number of carbonyl (C=O) groups is 2. The average Bonchev–Trinajstić information content (AvgIpc) is 2.71. The number of rotatable bonds is 2. The largest absolute Gasteiger partial charge is 0.296 e. The first kappa shape index (κ1) is 11.3. The third-order valence-corrected chi connectivity index (χ3v) is 4.44. The van der Waals surface area contributed by atoms with Crippen molar-refractivity contribution in [3.8, 4) is 0 Å². The van der Waals surface area contributed by atoms with E-state index in [0.717, 1.165) is 11.3 Å². The standard InChI is InChI=1S/C12H15NO2S/c1-3-8-4-5-10(16-8)9-6-11(14)13-12(15)7(9)2/h4-5,7,9H,3,6H2,1-2H3,(H,13,14,15). The maximum atomic E-state index is 11.5. The predicted molar refractivity (Wildman–Crippen MR) is 63.4 cm³/mol. The molecule has 0 spiro atoms. The van der Waals surface area contributed by atoms with Crippen molar-refractivity contribution in [3.05, 3.63) is 21.9 Å². The van der Waals surface area contributed by atoms with Crippen molar-refractivity contribution in [2.24, 2.45) is 5.92 Å². The molecule has 3 nitrogen and oxygen atoms in total. The number of hydrogen-bond acceptors (Lipinski definition) is 3. The Hall–Kier alpha value is -1.16. The second kappa shape index (κ2) is 4.37. The van der Waals surface area contributed by atoms with Crippen molar-refractivity contribution in [2.45, 2.75) is 32.6 Å². The van der Waals surface area contributed by atoms with Crippen LogP contribution in [0.3, 0.4) is 0 Å². The smallest absolute Gasteiger partial charge is 0.230 e. The van der Waals surface area contributed by atoms with Crippen molar-refractivity contribution in [1.29, 1.82) is 0 Å². The van der Waals surface area contributed by atoms with E-state index in [1.807, 2.05) is 6.92 Å². The second-order valence-electron chi connectivity index (χ2n) is 4.17. The van der Waals surface area contributed by atoms with E-state index in [2.05, 4.69) is 24.4 Å². The van der Waals surface area contributed by atoms with Crippen LogP contribution >= 0.6 is 11.3 Å². The van der Waals surface area contributed by atoms with E-state index in [4.69, 9.17) is 0 Å². The summed E-state index contributed by atoms with van der Waals surface area (Å²) in [6.07, 6.45) is 1.43. The Morgan fingerprint density at radius 1 is 1.44 bits per heavy atom. The second-order valence-corrected chi connectivity index (χ2v) is 5.37. The van der Waals surface area contributed by atoms with Crippen LogP contribution in [0.15, 0.2) is 12.1 Å². The third-order valence-electron chi connectivity index (χ3n) is 3.08. The summed E-state index contributed by atoms with van der Waals surface area (Å²) in [7, 11) is 0. The highest BCUT2D eigenvalue weighted by molar-refractivity contribution is 7.12. The summed E-state index contributed by atoms with van der Waals surface area (Å²) in [5, 5.41) is 2.38. The number of aryl methyl sites for hydroxylation is 1. The van der Waals surface area contributed by atoms with Crippen LogP contribution in [0.2, 0.25) is 0 Å². The first-order valence-corrected chi connectivity index (χ1v) is 6.35. The van der Waals surface area contributed by atoms with E-state index in [0.29, 0.717) is 6.42 Å². The Morgan fingerprint density at radius 3 is 2.81 bits per heavy atom. The van der Waals surface area contributed by atoms with Crippen molar-refractivity contribution in [2.75, 3.05) is 0 Å². The minimum atomic E-state index is -0.153. The molecule has 0 aliphatic carbocycles. The molecule has 2 unspecified atom stereocenters. The summed E-state index contributed by atoms with van der Waals surface area (Å²) >= 11 is 1.72. The van der Waals surface area contributed by atoms with Crippen LogP contribution in [0.1, 0.15) is 35.9 Å². The molecule has 1 aromatic heterocycles. The molecule has 1 N–H and O–H groups in total. The van der Waals surface area contributed by atoms with E-state index < -0.39 is 0 Å². The van der Waals surface area contributed by atoms with E-state index in [9.17, 15) is 9.59 Å². The van der Waals surface area contributed by atoms with Crippen LogP contribution in [0.25, 0.3) is 0 Å². The topological polar surface area (TPSA) is 46.2 Å². The zero-order valence-electron chi connectivity index (χ0n) is 9.45. The van der Waals surface area contributed by atoms with Gasteiger partial charge in [0.05, 0.1) is 0 Å². The van der Waals surface area contributed by atoms with Gasteiger partial charge in [0, 0.05) is 28.0 Å². The minimum absolute atomic E-state index is 0.0616. The van der Waals surface area contributed by atoms with Crippen LogP contribution < -0.4 is 5.32 Å². The normalized spacial score (nSPS) is 25.6.